The van der Waals surface area contributed by atoms with Crippen LogP contribution in [0.15, 0.2) is 6.07 Å². The molecule has 1 aromatic heterocycles. The normalized spacial score (nSPS) is 17.2. The minimum Gasteiger partial charge on any atom is -0.374 e. The second-order valence-corrected chi connectivity index (χ2v) is 6.49. The molecule has 1 aromatic rings. The topological polar surface area (TPSA) is 21.3 Å². The van der Waals surface area contributed by atoms with Crippen molar-refractivity contribution in [2.45, 2.75) is 65.2 Å². The summed E-state index contributed by atoms with van der Waals surface area (Å²) >= 11 is 1.90. The molecule has 0 atom stereocenters. The average Bonchev–Trinajstić information content (AvgIpc) is 2.76. The predicted octanol–water partition coefficient (Wildman–Crippen LogP) is 4.02. The van der Waals surface area contributed by atoms with Crippen LogP contribution in [0.1, 0.15) is 54.3 Å². The largest absolute Gasteiger partial charge is 0.374 e. The summed E-state index contributed by atoms with van der Waals surface area (Å²) in [6, 6.07) is 2.31. The third kappa shape index (κ3) is 4.08. The fraction of sp³-hybridized carbons (Fsp3) is 0.733. The zero-order chi connectivity index (χ0) is 12.8. The van der Waals surface area contributed by atoms with Crippen LogP contribution in [0.3, 0.4) is 0 Å². The van der Waals surface area contributed by atoms with Gasteiger partial charge in [-0.1, -0.05) is 26.2 Å². The molecule has 102 valence electrons. The van der Waals surface area contributed by atoms with E-state index in [0.717, 1.165) is 19.7 Å². The molecule has 1 fully saturated rings. The van der Waals surface area contributed by atoms with Crippen molar-refractivity contribution in [3.05, 3.63) is 21.4 Å². The van der Waals surface area contributed by atoms with Crippen LogP contribution in [0, 0.1) is 6.92 Å². The summed E-state index contributed by atoms with van der Waals surface area (Å²) in [5.41, 5.74) is 1.39. The van der Waals surface area contributed by atoms with E-state index in [1.165, 1.54) is 47.4 Å². The van der Waals surface area contributed by atoms with Crippen molar-refractivity contribution in [1.82, 2.24) is 5.32 Å². The zero-order valence-corrected chi connectivity index (χ0v) is 12.4. The van der Waals surface area contributed by atoms with Crippen LogP contribution in [0.2, 0.25) is 0 Å². The number of rotatable bonds is 6. The predicted molar refractivity (Wildman–Crippen MR) is 78.1 cm³/mol. The molecule has 1 aliphatic carbocycles. The maximum atomic E-state index is 6.05. The van der Waals surface area contributed by atoms with Gasteiger partial charge in [-0.2, -0.15) is 0 Å². The van der Waals surface area contributed by atoms with Crippen molar-refractivity contribution in [2.24, 2.45) is 0 Å². The number of hydrogen-bond acceptors (Lipinski definition) is 3. The summed E-state index contributed by atoms with van der Waals surface area (Å²) in [4.78, 5) is 2.84. The minimum atomic E-state index is 0.510. The summed E-state index contributed by atoms with van der Waals surface area (Å²) in [5, 5.41) is 3.38. The van der Waals surface area contributed by atoms with Gasteiger partial charge in [0.25, 0.3) is 0 Å². The fourth-order valence-corrected chi connectivity index (χ4v) is 3.52. The van der Waals surface area contributed by atoms with Gasteiger partial charge in [-0.25, -0.2) is 0 Å². The molecule has 0 saturated heterocycles. The highest BCUT2D eigenvalue weighted by Gasteiger charge is 2.14. The quantitative estimate of drug-likeness (QED) is 0.840. The molecule has 0 aromatic carbocycles. The second-order valence-electron chi connectivity index (χ2n) is 5.15. The molecular formula is C15H25NOS. The number of ether oxygens (including phenoxy) is 1. The Balaban J connectivity index is 1.82. The number of thiophene rings is 1. The minimum absolute atomic E-state index is 0.510. The zero-order valence-electron chi connectivity index (χ0n) is 11.6. The van der Waals surface area contributed by atoms with Crippen LogP contribution >= 0.6 is 11.3 Å². The Kier molecular flexibility index (Phi) is 5.67. The van der Waals surface area contributed by atoms with Crippen LogP contribution in [0.25, 0.3) is 0 Å². The van der Waals surface area contributed by atoms with Gasteiger partial charge in [-0.05, 0) is 37.9 Å². The summed E-state index contributed by atoms with van der Waals surface area (Å²) in [7, 11) is 0. The van der Waals surface area contributed by atoms with Crippen molar-refractivity contribution in [2.75, 3.05) is 6.54 Å². The highest BCUT2D eigenvalue weighted by atomic mass is 32.1. The van der Waals surface area contributed by atoms with E-state index in [9.17, 15) is 0 Å². The van der Waals surface area contributed by atoms with E-state index in [-0.39, 0.29) is 0 Å². The van der Waals surface area contributed by atoms with Gasteiger partial charge in [0.2, 0.25) is 0 Å². The van der Waals surface area contributed by atoms with Gasteiger partial charge in [0.15, 0.2) is 0 Å². The van der Waals surface area contributed by atoms with E-state index in [0.29, 0.717) is 6.10 Å². The Hall–Kier alpha value is -0.380. The first kappa shape index (κ1) is 14.0. The molecule has 0 bridgehead atoms. The molecule has 0 radical (unpaired) electrons. The molecule has 1 N–H and O–H groups in total. The molecule has 1 aliphatic rings. The molecule has 2 nitrogen and oxygen atoms in total. The van der Waals surface area contributed by atoms with Crippen LogP contribution in [-0.4, -0.2) is 12.6 Å². The Morgan fingerprint density at radius 2 is 2.11 bits per heavy atom. The van der Waals surface area contributed by atoms with Gasteiger partial charge in [-0.15, -0.1) is 11.3 Å². The molecule has 1 saturated carbocycles. The van der Waals surface area contributed by atoms with Crippen LogP contribution in [0.4, 0.5) is 0 Å². The first-order valence-electron chi connectivity index (χ1n) is 7.20. The van der Waals surface area contributed by atoms with Gasteiger partial charge in [0.05, 0.1) is 12.7 Å². The standard InChI is InChI=1S/C15H25NOS/c1-3-16-10-15-9-13(12(2)18-15)11-17-14-7-5-4-6-8-14/h9,14,16H,3-8,10-11H2,1-2H3. The maximum absolute atomic E-state index is 6.05. The molecule has 0 spiro atoms. The summed E-state index contributed by atoms with van der Waals surface area (Å²) in [5.74, 6) is 0. The van der Waals surface area contributed by atoms with Crippen molar-refractivity contribution in [3.8, 4) is 0 Å². The molecule has 0 amide bonds. The average molecular weight is 267 g/mol. The van der Waals surface area contributed by atoms with E-state index >= 15 is 0 Å². The lowest BCUT2D eigenvalue weighted by molar-refractivity contribution is 0.0168. The fourth-order valence-electron chi connectivity index (χ4n) is 2.51. The van der Waals surface area contributed by atoms with E-state index in [4.69, 9.17) is 4.74 Å². The molecule has 0 aliphatic heterocycles. The molecule has 3 heteroatoms. The third-order valence-corrected chi connectivity index (χ3v) is 4.74. The first-order chi connectivity index (χ1) is 8.79. The first-order valence-corrected chi connectivity index (χ1v) is 8.01. The number of aryl methyl sites for hydroxylation is 1. The van der Waals surface area contributed by atoms with Crippen molar-refractivity contribution in [3.63, 3.8) is 0 Å². The molecule has 0 unspecified atom stereocenters. The summed E-state index contributed by atoms with van der Waals surface area (Å²) in [6.07, 6.45) is 7.11. The lowest BCUT2D eigenvalue weighted by Gasteiger charge is -2.21. The van der Waals surface area contributed by atoms with Gasteiger partial charge in [0, 0.05) is 16.3 Å². The van der Waals surface area contributed by atoms with Crippen LogP contribution < -0.4 is 5.32 Å². The van der Waals surface area contributed by atoms with Gasteiger partial charge in [-0.3, -0.25) is 0 Å². The molecule has 18 heavy (non-hydrogen) atoms. The maximum Gasteiger partial charge on any atom is 0.0731 e. The second kappa shape index (κ2) is 7.27. The van der Waals surface area contributed by atoms with E-state index in [1.54, 1.807) is 0 Å². The summed E-state index contributed by atoms with van der Waals surface area (Å²) in [6.45, 7) is 7.18. The Morgan fingerprint density at radius 1 is 1.33 bits per heavy atom. The Bertz CT molecular complexity index is 355. The molecular weight excluding hydrogens is 242 g/mol. The van der Waals surface area contributed by atoms with Crippen LogP contribution in [-0.2, 0) is 17.9 Å². The monoisotopic (exact) mass is 267 g/mol. The van der Waals surface area contributed by atoms with Gasteiger partial charge in [0.1, 0.15) is 0 Å². The molecule has 2 rings (SSSR count). The van der Waals surface area contributed by atoms with E-state index in [2.05, 4.69) is 25.2 Å². The lowest BCUT2D eigenvalue weighted by Crippen LogP contribution is -2.16. The van der Waals surface area contributed by atoms with Crippen molar-refractivity contribution < 1.29 is 4.74 Å². The number of nitrogens with one attached hydrogen (secondary N) is 1. The lowest BCUT2D eigenvalue weighted by atomic mass is 9.98. The highest BCUT2D eigenvalue weighted by Crippen LogP contribution is 2.25. The van der Waals surface area contributed by atoms with E-state index in [1.807, 2.05) is 11.3 Å². The Labute approximate surface area is 115 Å². The summed E-state index contributed by atoms with van der Waals surface area (Å²) < 4.78 is 6.05. The third-order valence-electron chi connectivity index (χ3n) is 3.65. The number of hydrogen-bond donors (Lipinski definition) is 1. The molecule has 1 heterocycles. The van der Waals surface area contributed by atoms with Crippen LogP contribution in [0.5, 0.6) is 0 Å². The van der Waals surface area contributed by atoms with E-state index < -0.39 is 0 Å². The highest BCUT2D eigenvalue weighted by molar-refractivity contribution is 7.12. The van der Waals surface area contributed by atoms with Crippen molar-refractivity contribution in [1.29, 1.82) is 0 Å². The van der Waals surface area contributed by atoms with Gasteiger partial charge >= 0.3 is 0 Å². The van der Waals surface area contributed by atoms with Gasteiger partial charge < -0.3 is 10.1 Å². The SMILES string of the molecule is CCNCc1cc(COC2CCCCC2)c(C)s1. The van der Waals surface area contributed by atoms with Crippen molar-refractivity contribution >= 4 is 11.3 Å². The Morgan fingerprint density at radius 3 is 2.83 bits per heavy atom. The smallest absolute Gasteiger partial charge is 0.0731 e.